The Balaban J connectivity index is 2.51. The molecule has 4 heteroatoms. The molecule has 0 fully saturated rings. The fourth-order valence-corrected chi connectivity index (χ4v) is 1.95. The van der Waals surface area contributed by atoms with Crippen LogP contribution in [-0.4, -0.2) is 22.5 Å². The normalized spacial score (nSPS) is 19.7. The quantitative estimate of drug-likeness (QED) is 0.598. The second kappa shape index (κ2) is 3.55. The summed E-state index contributed by atoms with van der Waals surface area (Å²) >= 11 is 0. The highest BCUT2D eigenvalue weighted by molar-refractivity contribution is 5.84. The van der Waals surface area contributed by atoms with Gasteiger partial charge in [-0.3, -0.25) is 4.79 Å². The molecule has 80 valence electrons. The SMILES string of the molecule is CC(=O)C1NCCc2cc(O)c(O)cc21. The molecule has 0 saturated heterocycles. The molecule has 3 N–H and O–H groups in total. The van der Waals surface area contributed by atoms with Crippen LogP contribution in [0, 0.1) is 0 Å². The number of Topliss-reactive ketones (excluding diaryl/α,β-unsaturated/α-hetero) is 1. The first-order valence-corrected chi connectivity index (χ1v) is 4.88. The van der Waals surface area contributed by atoms with E-state index in [4.69, 9.17) is 0 Å². The number of hydrogen-bond donors (Lipinski definition) is 3. The number of phenols is 2. The van der Waals surface area contributed by atoms with Crippen LogP contribution in [0.3, 0.4) is 0 Å². The van der Waals surface area contributed by atoms with Crippen LogP contribution in [0.2, 0.25) is 0 Å². The average Bonchev–Trinajstić information content (AvgIpc) is 2.18. The fraction of sp³-hybridized carbons (Fsp3) is 0.364. The lowest BCUT2D eigenvalue weighted by Gasteiger charge is -2.25. The van der Waals surface area contributed by atoms with Gasteiger partial charge in [-0.2, -0.15) is 0 Å². The highest BCUT2D eigenvalue weighted by Crippen LogP contribution is 2.33. The van der Waals surface area contributed by atoms with Gasteiger partial charge in [0.1, 0.15) is 0 Å². The largest absolute Gasteiger partial charge is 0.504 e. The van der Waals surface area contributed by atoms with Gasteiger partial charge in [0.15, 0.2) is 17.3 Å². The number of carbonyl (C=O) groups is 1. The Kier molecular flexibility index (Phi) is 2.36. The Morgan fingerprint density at radius 1 is 1.40 bits per heavy atom. The third kappa shape index (κ3) is 1.68. The summed E-state index contributed by atoms with van der Waals surface area (Å²) in [7, 11) is 0. The lowest BCUT2D eigenvalue weighted by molar-refractivity contribution is -0.119. The summed E-state index contributed by atoms with van der Waals surface area (Å²) < 4.78 is 0. The molecule has 0 aliphatic carbocycles. The van der Waals surface area contributed by atoms with Gasteiger partial charge in [0, 0.05) is 6.54 Å². The summed E-state index contributed by atoms with van der Waals surface area (Å²) in [6, 6.07) is 2.63. The minimum atomic E-state index is -0.361. The second-order valence-corrected chi connectivity index (χ2v) is 3.79. The van der Waals surface area contributed by atoms with E-state index in [1.807, 2.05) is 0 Å². The zero-order valence-electron chi connectivity index (χ0n) is 8.45. The molecule has 0 bridgehead atoms. The number of rotatable bonds is 1. The molecule has 1 aliphatic rings. The third-order valence-corrected chi connectivity index (χ3v) is 2.70. The average molecular weight is 207 g/mol. The van der Waals surface area contributed by atoms with Crippen molar-refractivity contribution in [3.05, 3.63) is 23.3 Å². The van der Waals surface area contributed by atoms with Crippen LogP contribution in [0.5, 0.6) is 11.5 Å². The monoisotopic (exact) mass is 207 g/mol. The number of benzene rings is 1. The van der Waals surface area contributed by atoms with E-state index in [0.29, 0.717) is 6.54 Å². The topological polar surface area (TPSA) is 69.6 Å². The van der Waals surface area contributed by atoms with Gasteiger partial charge in [0.2, 0.25) is 0 Å². The van der Waals surface area contributed by atoms with Crippen molar-refractivity contribution in [3.63, 3.8) is 0 Å². The number of fused-ring (bicyclic) bond motifs is 1. The number of aromatic hydroxyl groups is 2. The molecule has 0 amide bonds. The summed E-state index contributed by atoms with van der Waals surface area (Å²) in [4.78, 5) is 11.4. The second-order valence-electron chi connectivity index (χ2n) is 3.79. The van der Waals surface area contributed by atoms with Crippen molar-refractivity contribution >= 4 is 5.78 Å². The maximum absolute atomic E-state index is 11.4. The first-order valence-electron chi connectivity index (χ1n) is 4.88. The maximum Gasteiger partial charge on any atom is 0.157 e. The summed E-state index contributed by atoms with van der Waals surface area (Å²) in [6.07, 6.45) is 0.757. The molecule has 1 unspecified atom stereocenters. The highest BCUT2D eigenvalue weighted by atomic mass is 16.3. The molecule has 0 aromatic heterocycles. The van der Waals surface area contributed by atoms with Crippen molar-refractivity contribution in [3.8, 4) is 11.5 Å². The number of carbonyl (C=O) groups excluding carboxylic acids is 1. The minimum absolute atomic E-state index is 0.0149. The molecule has 2 rings (SSSR count). The van der Waals surface area contributed by atoms with Crippen molar-refractivity contribution < 1.29 is 15.0 Å². The lowest BCUT2D eigenvalue weighted by atomic mass is 9.92. The molecule has 4 nitrogen and oxygen atoms in total. The predicted molar refractivity (Wildman–Crippen MR) is 54.9 cm³/mol. The molecule has 0 radical (unpaired) electrons. The summed E-state index contributed by atoms with van der Waals surface area (Å²) in [5.74, 6) is -0.289. The molecular formula is C11H13NO3. The minimum Gasteiger partial charge on any atom is -0.504 e. The Morgan fingerprint density at radius 3 is 2.73 bits per heavy atom. The zero-order chi connectivity index (χ0) is 11.0. The highest BCUT2D eigenvalue weighted by Gasteiger charge is 2.24. The summed E-state index contributed by atoms with van der Waals surface area (Å²) in [5, 5.41) is 21.8. The van der Waals surface area contributed by atoms with E-state index in [-0.39, 0.29) is 23.3 Å². The van der Waals surface area contributed by atoms with Crippen LogP contribution >= 0.6 is 0 Å². The van der Waals surface area contributed by atoms with Crippen LogP contribution in [-0.2, 0) is 11.2 Å². The number of phenolic OH excluding ortho intramolecular Hbond substituents is 2. The molecule has 15 heavy (non-hydrogen) atoms. The molecular weight excluding hydrogens is 194 g/mol. The first-order chi connectivity index (χ1) is 7.09. The van der Waals surface area contributed by atoms with Gasteiger partial charge >= 0.3 is 0 Å². The zero-order valence-corrected chi connectivity index (χ0v) is 8.45. The van der Waals surface area contributed by atoms with Crippen LogP contribution in [0.4, 0.5) is 0 Å². The molecule has 0 saturated carbocycles. The van der Waals surface area contributed by atoms with E-state index < -0.39 is 0 Å². The van der Waals surface area contributed by atoms with Gasteiger partial charge in [-0.25, -0.2) is 0 Å². The van der Waals surface area contributed by atoms with Gasteiger partial charge in [-0.1, -0.05) is 0 Å². The third-order valence-electron chi connectivity index (χ3n) is 2.70. The molecule has 1 heterocycles. The van der Waals surface area contributed by atoms with E-state index in [0.717, 1.165) is 17.5 Å². The molecule has 1 aromatic carbocycles. The van der Waals surface area contributed by atoms with Gasteiger partial charge in [-0.05, 0) is 36.6 Å². The molecule has 0 spiro atoms. The van der Waals surface area contributed by atoms with Crippen molar-refractivity contribution in [2.24, 2.45) is 0 Å². The lowest BCUT2D eigenvalue weighted by Crippen LogP contribution is -2.33. The van der Waals surface area contributed by atoms with Crippen LogP contribution < -0.4 is 5.32 Å². The van der Waals surface area contributed by atoms with E-state index in [9.17, 15) is 15.0 Å². The molecule has 1 atom stereocenters. The Bertz CT molecular complexity index is 415. The predicted octanol–water partition coefficient (Wildman–Crippen LogP) is 0.874. The van der Waals surface area contributed by atoms with Crippen LogP contribution in [0.1, 0.15) is 24.1 Å². The van der Waals surface area contributed by atoms with Crippen molar-refractivity contribution in [1.82, 2.24) is 5.32 Å². The summed E-state index contributed by atoms with van der Waals surface area (Å²) in [6.45, 7) is 2.22. The number of nitrogens with one attached hydrogen (secondary N) is 1. The van der Waals surface area contributed by atoms with Gasteiger partial charge in [-0.15, -0.1) is 0 Å². The van der Waals surface area contributed by atoms with Gasteiger partial charge < -0.3 is 15.5 Å². The van der Waals surface area contributed by atoms with E-state index in [2.05, 4.69) is 5.32 Å². The maximum atomic E-state index is 11.4. The Hall–Kier alpha value is -1.55. The van der Waals surface area contributed by atoms with E-state index in [1.165, 1.54) is 19.1 Å². The van der Waals surface area contributed by atoms with Crippen LogP contribution in [0.25, 0.3) is 0 Å². The van der Waals surface area contributed by atoms with Gasteiger partial charge in [0.05, 0.1) is 6.04 Å². The van der Waals surface area contributed by atoms with Gasteiger partial charge in [0.25, 0.3) is 0 Å². The molecule has 1 aromatic rings. The molecule has 1 aliphatic heterocycles. The Labute approximate surface area is 87.6 Å². The number of hydrogen-bond acceptors (Lipinski definition) is 4. The fourth-order valence-electron chi connectivity index (χ4n) is 1.95. The first kappa shape index (κ1) is 9.98. The van der Waals surface area contributed by atoms with Crippen molar-refractivity contribution in [2.75, 3.05) is 6.54 Å². The smallest absolute Gasteiger partial charge is 0.157 e. The van der Waals surface area contributed by atoms with E-state index >= 15 is 0 Å². The Morgan fingerprint density at radius 2 is 2.07 bits per heavy atom. The van der Waals surface area contributed by atoms with Crippen LogP contribution in [0.15, 0.2) is 12.1 Å². The number of ketones is 1. The van der Waals surface area contributed by atoms with E-state index in [1.54, 1.807) is 0 Å². The van der Waals surface area contributed by atoms with Crippen molar-refractivity contribution in [1.29, 1.82) is 0 Å². The van der Waals surface area contributed by atoms with Crippen molar-refractivity contribution in [2.45, 2.75) is 19.4 Å². The standard InChI is InChI=1S/C11H13NO3/c1-6(13)11-8-5-10(15)9(14)4-7(8)2-3-12-11/h4-5,11-12,14-15H,2-3H2,1H3. The summed E-state index contributed by atoms with van der Waals surface area (Å²) in [5.41, 5.74) is 1.69.